The second-order valence-electron chi connectivity index (χ2n) is 5.29. The minimum absolute atomic E-state index is 0.0344. The molecule has 1 saturated heterocycles. The van der Waals surface area contributed by atoms with E-state index < -0.39 is 5.91 Å². The number of aromatic nitrogens is 2. The fourth-order valence-electron chi connectivity index (χ4n) is 2.40. The summed E-state index contributed by atoms with van der Waals surface area (Å²) >= 11 is 2.19. The van der Waals surface area contributed by atoms with Crippen molar-refractivity contribution in [3.63, 3.8) is 0 Å². The number of fused-ring (bicyclic) bond motifs is 1. The van der Waals surface area contributed by atoms with E-state index in [1.54, 1.807) is 18.2 Å². The van der Waals surface area contributed by atoms with Crippen LogP contribution in [0.5, 0.6) is 0 Å². The second kappa shape index (κ2) is 6.78. The zero-order valence-electron chi connectivity index (χ0n) is 13.3. The van der Waals surface area contributed by atoms with Crippen molar-refractivity contribution in [1.82, 2.24) is 14.9 Å². The van der Waals surface area contributed by atoms with Gasteiger partial charge in [0.15, 0.2) is 10.2 Å². The molecule has 0 bridgehead atoms. The Kier molecular flexibility index (Phi) is 4.32. The number of nitrogens with one attached hydrogen (secondary N) is 1. The van der Waals surface area contributed by atoms with E-state index in [1.165, 1.54) is 11.8 Å². The first-order chi connectivity index (χ1) is 12.6. The summed E-state index contributed by atoms with van der Waals surface area (Å²) in [7, 11) is 0. The molecule has 1 fully saturated rings. The molecule has 0 unspecified atom stereocenters. The normalized spacial score (nSPS) is 16.0. The van der Waals surface area contributed by atoms with E-state index in [1.807, 2.05) is 24.3 Å². The highest BCUT2D eigenvalue weighted by molar-refractivity contribution is 8.18. The summed E-state index contributed by atoms with van der Waals surface area (Å²) in [4.78, 5) is 33.0. The summed E-state index contributed by atoms with van der Waals surface area (Å²) in [5.41, 5.74) is 1.83. The fraction of sp³-hybridized carbons (Fsp3) is 0.0556. The molecule has 128 valence electrons. The molecule has 26 heavy (non-hydrogen) atoms. The standard InChI is InChI=1S/C18H11N3O3S2/c1-2-9-21-16(22)14(25-18(21)23)10-11-7-8-15(24-11)26-17-19-12-5-3-4-6-13(12)20-17/h1,3-8,10H,9H2,(H,19,20)/b14-10+. The Hall–Kier alpha value is -2.89. The van der Waals surface area contributed by atoms with Crippen molar-refractivity contribution in [3.05, 3.63) is 47.1 Å². The molecule has 1 aliphatic heterocycles. The van der Waals surface area contributed by atoms with Gasteiger partial charge in [-0.05, 0) is 47.8 Å². The van der Waals surface area contributed by atoms with Crippen LogP contribution in [-0.2, 0) is 4.79 Å². The summed E-state index contributed by atoms with van der Waals surface area (Å²) in [5, 5.41) is 0.960. The first kappa shape index (κ1) is 16.6. The molecule has 6 nitrogen and oxygen atoms in total. The average Bonchev–Trinajstić information content (AvgIpc) is 3.30. The van der Waals surface area contributed by atoms with Crippen LogP contribution in [0.1, 0.15) is 5.76 Å². The molecule has 1 N–H and O–H groups in total. The van der Waals surface area contributed by atoms with E-state index in [-0.39, 0.29) is 11.8 Å². The minimum atomic E-state index is -0.402. The third kappa shape index (κ3) is 3.14. The molecule has 2 amide bonds. The van der Waals surface area contributed by atoms with E-state index in [2.05, 4.69) is 15.9 Å². The van der Waals surface area contributed by atoms with Gasteiger partial charge in [0, 0.05) is 6.08 Å². The summed E-state index contributed by atoms with van der Waals surface area (Å²) in [5.74, 6) is 2.38. The number of H-pyrrole nitrogens is 1. The molecule has 3 aromatic rings. The van der Waals surface area contributed by atoms with Crippen molar-refractivity contribution >= 4 is 51.8 Å². The molecule has 0 atom stereocenters. The van der Waals surface area contributed by atoms with E-state index in [0.717, 1.165) is 27.7 Å². The Labute approximate surface area is 157 Å². The number of carbonyl (C=O) groups is 2. The lowest BCUT2D eigenvalue weighted by atomic mass is 10.3. The monoisotopic (exact) mass is 381 g/mol. The minimum Gasteiger partial charge on any atom is -0.450 e. The topological polar surface area (TPSA) is 79.2 Å². The van der Waals surface area contributed by atoms with Gasteiger partial charge in [-0.15, -0.1) is 6.42 Å². The molecular formula is C18H11N3O3S2. The lowest BCUT2D eigenvalue weighted by molar-refractivity contribution is -0.122. The molecule has 1 aromatic carbocycles. The number of nitrogens with zero attached hydrogens (tertiary/aromatic N) is 2. The quantitative estimate of drug-likeness (QED) is 0.544. The van der Waals surface area contributed by atoms with Crippen molar-refractivity contribution in [2.24, 2.45) is 0 Å². The first-order valence-electron chi connectivity index (χ1n) is 7.55. The molecule has 0 aliphatic carbocycles. The molecule has 0 radical (unpaired) electrons. The third-order valence-electron chi connectivity index (χ3n) is 3.56. The summed E-state index contributed by atoms with van der Waals surface area (Å²) < 4.78 is 5.72. The van der Waals surface area contributed by atoms with Crippen LogP contribution in [0.25, 0.3) is 17.1 Å². The Morgan fingerprint density at radius 2 is 2.15 bits per heavy atom. The number of imide groups is 1. The predicted molar refractivity (Wildman–Crippen MR) is 100 cm³/mol. The van der Waals surface area contributed by atoms with Crippen molar-refractivity contribution in [2.45, 2.75) is 10.2 Å². The number of aromatic amines is 1. The second-order valence-corrected chi connectivity index (χ2v) is 7.28. The molecule has 3 heterocycles. The van der Waals surface area contributed by atoms with Gasteiger partial charge >= 0.3 is 0 Å². The van der Waals surface area contributed by atoms with Gasteiger partial charge in [-0.2, -0.15) is 0 Å². The number of terminal acetylenes is 1. The molecular weight excluding hydrogens is 370 g/mol. The van der Waals surface area contributed by atoms with Crippen LogP contribution in [-0.4, -0.2) is 32.6 Å². The Morgan fingerprint density at radius 3 is 2.96 bits per heavy atom. The number of carbonyl (C=O) groups excluding carboxylic acids is 2. The summed E-state index contributed by atoms with van der Waals surface area (Å²) in [6, 6.07) is 11.3. The number of hydrogen-bond donors (Lipinski definition) is 1. The summed E-state index contributed by atoms with van der Waals surface area (Å²) in [6.45, 7) is -0.0344. The number of thioether (sulfide) groups is 1. The van der Waals surface area contributed by atoms with Gasteiger partial charge in [0.1, 0.15) is 5.76 Å². The van der Waals surface area contributed by atoms with Gasteiger partial charge in [-0.25, -0.2) is 4.98 Å². The number of benzene rings is 1. The Bertz CT molecular complexity index is 1060. The highest BCUT2D eigenvalue weighted by atomic mass is 32.2. The first-order valence-corrected chi connectivity index (χ1v) is 9.18. The third-order valence-corrected chi connectivity index (χ3v) is 5.28. The van der Waals surface area contributed by atoms with Gasteiger partial charge in [0.2, 0.25) is 0 Å². The molecule has 0 saturated carbocycles. The molecule has 8 heteroatoms. The van der Waals surface area contributed by atoms with Gasteiger partial charge in [-0.1, -0.05) is 18.1 Å². The van der Waals surface area contributed by atoms with E-state index in [9.17, 15) is 9.59 Å². The number of amides is 2. The lowest BCUT2D eigenvalue weighted by Gasteiger charge is -2.06. The van der Waals surface area contributed by atoms with Crippen LogP contribution >= 0.6 is 23.5 Å². The maximum absolute atomic E-state index is 12.2. The van der Waals surface area contributed by atoms with Gasteiger partial charge in [0.05, 0.1) is 22.5 Å². The Morgan fingerprint density at radius 1 is 1.31 bits per heavy atom. The van der Waals surface area contributed by atoms with Crippen molar-refractivity contribution in [2.75, 3.05) is 6.54 Å². The molecule has 1 aliphatic rings. The molecule has 4 rings (SSSR count). The number of imidazole rings is 1. The average molecular weight is 381 g/mol. The maximum atomic E-state index is 12.2. The smallest absolute Gasteiger partial charge is 0.294 e. The van der Waals surface area contributed by atoms with Crippen LogP contribution < -0.4 is 0 Å². The number of furan rings is 1. The van der Waals surface area contributed by atoms with Crippen LogP contribution in [0.15, 0.2) is 56.0 Å². The largest absolute Gasteiger partial charge is 0.450 e. The Balaban J connectivity index is 1.52. The zero-order chi connectivity index (χ0) is 18.1. The van der Waals surface area contributed by atoms with Crippen LogP contribution in [0.4, 0.5) is 4.79 Å². The predicted octanol–water partition coefficient (Wildman–Crippen LogP) is 3.98. The van der Waals surface area contributed by atoms with Crippen molar-refractivity contribution in [1.29, 1.82) is 0 Å². The van der Waals surface area contributed by atoms with E-state index in [0.29, 0.717) is 20.9 Å². The maximum Gasteiger partial charge on any atom is 0.294 e. The fourth-order valence-corrected chi connectivity index (χ4v) is 3.98. The van der Waals surface area contributed by atoms with Gasteiger partial charge in [-0.3, -0.25) is 14.5 Å². The molecule has 0 spiro atoms. The van der Waals surface area contributed by atoms with E-state index >= 15 is 0 Å². The summed E-state index contributed by atoms with van der Waals surface area (Å²) in [6.07, 6.45) is 6.73. The SMILES string of the molecule is C#CCN1C(=O)S/C(=C/c2ccc(Sc3nc4ccccc4[nH]3)o2)C1=O. The highest BCUT2D eigenvalue weighted by Gasteiger charge is 2.34. The number of hydrogen-bond acceptors (Lipinski definition) is 6. The van der Waals surface area contributed by atoms with E-state index in [4.69, 9.17) is 10.8 Å². The van der Waals surface area contributed by atoms with Crippen LogP contribution in [0, 0.1) is 12.3 Å². The van der Waals surface area contributed by atoms with Crippen LogP contribution in [0.3, 0.4) is 0 Å². The van der Waals surface area contributed by atoms with Crippen LogP contribution in [0.2, 0.25) is 0 Å². The van der Waals surface area contributed by atoms with Gasteiger partial charge in [0.25, 0.3) is 11.1 Å². The van der Waals surface area contributed by atoms with Crippen molar-refractivity contribution in [3.8, 4) is 12.3 Å². The number of para-hydroxylation sites is 2. The molecule has 2 aromatic heterocycles. The highest BCUT2D eigenvalue weighted by Crippen LogP contribution is 2.34. The number of rotatable bonds is 4. The van der Waals surface area contributed by atoms with Crippen molar-refractivity contribution < 1.29 is 14.0 Å². The van der Waals surface area contributed by atoms with Gasteiger partial charge < -0.3 is 9.40 Å². The lowest BCUT2D eigenvalue weighted by Crippen LogP contribution is -2.28. The zero-order valence-corrected chi connectivity index (χ0v) is 14.9.